The number of urea groups is 1. The van der Waals surface area contributed by atoms with Crippen molar-refractivity contribution in [2.75, 3.05) is 5.32 Å². The fourth-order valence-corrected chi connectivity index (χ4v) is 5.20. The van der Waals surface area contributed by atoms with Crippen LogP contribution in [-0.2, 0) is 37.7 Å². The molecule has 44 heavy (non-hydrogen) atoms. The molecule has 0 bridgehead atoms. The number of nitrogens with one attached hydrogen (secondary N) is 3. The quantitative estimate of drug-likeness (QED) is 0.223. The Labute approximate surface area is 246 Å². The standard InChI is InChI=1S/C28H25F4N7O5/c1-14(28(30,31)32)35-24(42)21(8-15-2-5-18(29)6-3-15)39-25(43)27(37-26(39)44)10-23(41)36-20-9-16(4-7-19(20)27)17-11-34-38(12-17)13-22(33)40/h2-7,9,11-12,14,21H,8,10,13H2,1H3,(H2,33,40)(H,35,42)(H,36,41)(H,37,44)/t14-,21?,27?/m0/s1. The first kappa shape index (κ1) is 30.2. The van der Waals surface area contributed by atoms with Crippen molar-refractivity contribution in [3.63, 3.8) is 0 Å². The van der Waals surface area contributed by atoms with Gasteiger partial charge in [0, 0.05) is 29.4 Å². The van der Waals surface area contributed by atoms with Gasteiger partial charge in [0.25, 0.3) is 5.91 Å². The van der Waals surface area contributed by atoms with Crippen LogP contribution in [0.4, 0.5) is 28.0 Å². The molecule has 2 aliphatic heterocycles. The Hall–Kier alpha value is -5.28. The minimum atomic E-state index is -4.82. The van der Waals surface area contributed by atoms with Gasteiger partial charge < -0.3 is 21.7 Å². The van der Waals surface area contributed by atoms with Crippen molar-refractivity contribution in [3.05, 3.63) is 71.8 Å². The number of hydrogen-bond donors (Lipinski definition) is 4. The van der Waals surface area contributed by atoms with Gasteiger partial charge in [0.15, 0.2) is 5.54 Å². The summed E-state index contributed by atoms with van der Waals surface area (Å²) in [6.45, 7) is 0.534. The lowest BCUT2D eigenvalue weighted by Gasteiger charge is -2.34. The minimum absolute atomic E-state index is 0.155. The zero-order chi connectivity index (χ0) is 32.0. The molecular formula is C28H25F4N7O5. The van der Waals surface area contributed by atoms with E-state index in [0.717, 1.165) is 12.1 Å². The SMILES string of the molecule is C[C@H](NC(=O)C(Cc1ccc(F)cc1)N1C(=O)NC2(CC(=O)Nc3cc(-c4cnn(CC(N)=O)c4)ccc32)C1=O)C(F)(F)F. The number of imide groups is 1. The average Bonchev–Trinajstić information content (AvgIpc) is 3.49. The summed E-state index contributed by atoms with van der Waals surface area (Å²) < 4.78 is 54.7. The summed E-state index contributed by atoms with van der Waals surface area (Å²) in [4.78, 5) is 65.3. The van der Waals surface area contributed by atoms with E-state index in [1.807, 2.05) is 0 Å². The van der Waals surface area contributed by atoms with Crippen LogP contribution in [0.15, 0.2) is 54.9 Å². The number of primary amides is 1. The van der Waals surface area contributed by atoms with E-state index in [0.29, 0.717) is 23.0 Å². The van der Waals surface area contributed by atoms with Crippen molar-refractivity contribution in [1.82, 2.24) is 25.3 Å². The maximum absolute atomic E-state index is 14.1. The third kappa shape index (κ3) is 5.69. The maximum atomic E-state index is 14.1. The Morgan fingerprint density at radius 2 is 1.82 bits per heavy atom. The highest BCUT2D eigenvalue weighted by atomic mass is 19.4. The molecule has 0 radical (unpaired) electrons. The van der Waals surface area contributed by atoms with Gasteiger partial charge in [-0.2, -0.15) is 18.3 Å². The zero-order valence-electron chi connectivity index (χ0n) is 22.9. The number of alkyl halides is 3. The summed E-state index contributed by atoms with van der Waals surface area (Å²) >= 11 is 0. The largest absolute Gasteiger partial charge is 0.408 e. The van der Waals surface area contributed by atoms with E-state index in [1.54, 1.807) is 11.4 Å². The molecule has 5 N–H and O–H groups in total. The topological polar surface area (TPSA) is 169 Å². The Bertz CT molecular complexity index is 1670. The van der Waals surface area contributed by atoms with Crippen molar-refractivity contribution < 1.29 is 41.5 Å². The normalized spacial score (nSPS) is 19.3. The van der Waals surface area contributed by atoms with Crippen LogP contribution in [0, 0.1) is 5.82 Å². The molecule has 6 amide bonds. The Kier molecular flexibility index (Phi) is 7.61. The van der Waals surface area contributed by atoms with E-state index < -0.39 is 72.1 Å². The van der Waals surface area contributed by atoms with Crippen LogP contribution in [-0.4, -0.2) is 62.6 Å². The van der Waals surface area contributed by atoms with Crippen molar-refractivity contribution in [2.24, 2.45) is 5.73 Å². The van der Waals surface area contributed by atoms with Gasteiger partial charge in [0.1, 0.15) is 24.4 Å². The predicted molar refractivity (Wildman–Crippen MR) is 145 cm³/mol. The van der Waals surface area contributed by atoms with E-state index in [4.69, 9.17) is 5.73 Å². The van der Waals surface area contributed by atoms with Crippen LogP contribution in [0.3, 0.4) is 0 Å². The molecule has 1 saturated heterocycles. The molecule has 2 unspecified atom stereocenters. The molecular weight excluding hydrogens is 590 g/mol. The van der Waals surface area contributed by atoms with Gasteiger partial charge in [-0.25, -0.2) is 14.1 Å². The fourth-order valence-electron chi connectivity index (χ4n) is 5.20. The summed E-state index contributed by atoms with van der Waals surface area (Å²) in [5.41, 5.74) is 4.89. The Morgan fingerprint density at radius 1 is 1.11 bits per heavy atom. The van der Waals surface area contributed by atoms with Gasteiger partial charge in [0.2, 0.25) is 17.7 Å². The molecule has 2 aliphatic rings. The second-order valence-electron chi connectivity index (χ2n) is 10.5. The number of carbonyl (C=O) groups excluding carboxylic acids is 5. The van der Waals surface area contributed by atoms with Crippen LogP contribution < -0.4 is 21.7 Å². The van der Waals surface area contributed by atoms with E-state index in [2.05, 4.69) is 15.7 Å². The summed E-state index contributed by atoms with van der Waals surface area (Å²) in [5.74, 6) is -4.18. The highest BCUT2D eigenvalue weighted by Crippen LogP contribution is 2.42. The molecule has 3 aromatic rings. The van der Waals surface area contributed by atoms with Crippen molar-refractivity contribution in [1.29, 1.82) is 0 Å². The van der Waals surface area contributed by atoms with E-state index in [9.17, 15) is 41.5 Å². The summed E-state index contributed by atoms with van der Waals surface area (Å²) in [5, 5.41) is 11.0. The van der Waals surface area contributed by atoms with Crippen LogP contribution in [0.5, 0.6) is 0 Å². The van der Waals surface area contributed by atoms with E-state index in [-0.39, 0.29) is 23.4 Å². The number of nitrogens with two attached hydrogens (primary N) is 1. The third-order valence-corrected chi connectivity index (χ3v) is 7.39. The van der Waals surface area contributed by atoms with Crippen LogP contribution in [0.1, 0.15) is 24.5 Å². The minimum Gasteiger partial charge on any atom is -0.368 e. The number of anilines is 1. The molecule has 0 saturated carbocycles. The summed E-state index contributed by atoms with van der Waals surface area (Å²) in [6.07, 6.45) is -2.81. The van der Waals surface area contributed by atoms with E-state index in [1.165, 1.54) is 41.3 Å². The average molecular weight is 616 g/mol. The number of hydrogen-bond acceptors (Lipinski definition) is 6. The van der Waals surface area contributed by atoms with Gasteiger partial charge in [-0.15, -0.1) is 0 Å². The number of aromatic nitrogens is 2. The van der Waals surface area contributed by atoms with Gasteiger partial charge in [-0.1, -0.05) is 24.3 Å². The lowest BCUT2D eigenvalue weighted by atomic mass is 9.81. The smallest absolute Gasteiger partial charge is 0.368 e. The first-order valence-electron chi connectivity index (χ1n) is 13.2. The fraction of sp³-hybridized carbons (Fsp3) is 0.286. The first-order chi connectivity index (χ1) is 20.7. The molecule has 12 nitrogen and oxygen atoms in total. The molecule has 230 valence electrons. The lowest BCUT2D eigenvalue weighted by Crippen LogP contribution is -2.56. The van der Waals surface area contributed by atoms with Crippen molar-refractivity contribution in [3.8, 4) is 11.1 Å². The monoisotopic (exact) mass is 615 g/mol. The van der Waals surface area contributed by atoms with Crippen molar-refractivity contribution >= 4 is 35.3 Å². The molecule has 3 atom stereocenters. The predicted octanol–water partition coefficient (Wildman–Crippen LogP) is 1.94. The lowest BCUT2D eigenvalue weighted by molar-refractivity contribution is -0.160. The van der Waals surface area contributed by atoms with Crippen LogP contribution >= 0.6 is 0 Å². The number of carbonyl (C=O) groups is 5. The molecule has 5 rings (SSSR count). The molecule has 3 heterocycles. The summed E-state index contributed by atoms with van der Waals surface area (Å²) in [6, 6.07) is 4.07. The van der Waals surface area contributed by atoms with Gasteiger partial charge in [-0.05, 0) is 36.2 Å². The van der Waals surface area contributed by atoms with Crippen molar-refractivity contribution in [2.45, 2.75) is 50.1 Å². The zero-order valence-corrected chi connectivity index (χ0v) is 22.9. The highest BCUT2D eigenvalue weighted by molar-refractivity contribution is 6.15. The molecule has 0 aliphatic carbocycles. The molecule has 16 heteroatoms. The maximum Gasteiger partial charge on any atom is 0.408 e. The Morgan fingerprint density at radius 3 is 2.48 bits per heavy atom. The van der Waals surface area contributed by atoms with Crippen LogP contribution in [0.2, 0.25) is 0 Å². The van der Waals surface area contributed by atoms with Crippen LogP contribution in [0.25, 0.3) is 11.1 Å². The summed E-state index contributed by atoms with van der Waals surface area (Å²) in [7, 11) is 0. The first-order valence-corrected chi connectivity index (χ1v) is 13.2. The number of amides is 6. The number of rotatable bonds is 8. The molecule has 1 fully saturated rings. The number of benzene rings is 2. The Balaban J connectivity index is 1.51. The second-order valence-corrected chi connectivity index (χ2v) is 10.5. The number of halogens is 4. The van der Waals surface area contributed by atoms with Gasteiger partial charge in [-0.3, -0.25) is 23.9 Å². The van der Waals surface area contributed by atoms with Gasteiger partial charge >= 0.3 is 12.2 Å². The molecule has 1 aromatic heterocycles. The molecule has 2 aromatic carbocycles. The van der Waals surface area contributed by atoms with E-state index >= 15 is 0 Å². The molecule has 1 spiro atoms. The number of nitrogens with zero attached hydrogens (tertiary/aromatic N) is 3. The number of fused-ring (bicyclic) bond motifs is 2. The van der Waals surface area contributed by atoms with Gasteiger partial charge in [0.05, 0.1) is 12.6 Å². The highest BCUT2D eigenvalue weighted by Gasteiger charge is 2.58. The third-order valence-electron chi connectivity index (χ3n) is 7.39. The second kappa shape index (κ2) is 11.1.